The highest BCUT2D eigenvalue weighted by atomic mass is 16.3. The molecule has 0 aliphatic rings. The Morgan fingerprint density at radius 1 is 0.299 bits per heavy atom. The van der Waals surface area contributed by atoms with E-state index in [1.54, 1.807) is 0 Å². The molecule has 13 rings (SSSR count). The largest absolute Gasteiger partial charge is 0.455 e. The molecular weight excluding hydrogens is 813 g/mol. The number of hydrogen-bond donors (Lipinski definition) is 0. The summed E-state index contributed by atoms with van der Waals surface area (Å²) in [5, 5.41) is 7.21. The van der Waals surface area contributed by atoms with Crippen LogP contribution in [0.15, 0.2) is 259 Å². The van der Waals surface area contributed by atoms with Crippen LogP contribution in [-0.4, -0.2) is 4.57 Å². The van der Waals surface area contributed by atoms with Crippen molar-refractivity contribution >= 4 is 71.6 Å². The van der Waals surface area contributed by atoms with Crippen LogP contribution >= 0.6 is 0 Å². The molecule has 0 amide bonds. The minimum Gasteiger partial charge on any atom is -0.455 e. The number of nitrogens with zero attached hydrogens (tertiary/aromatic N) is 2. The Labute approximate surface area is 388 Å². The van der Waals surface area contributed by atoms with Gasteiger partial charge in [0.15, 0.2) is 0 Å². The summed E-state index contributed by atoms with van der Waals surface area (Å²) >= 11 is 0. The maximum absolute atomic E-state index is 6.37. The van der Waals surface area contributed by atoms with Crippen LogP contribution in [0.1, 0.15) is 0 Å². The monoisotopic (exact) mass is 854 g/mol. The zero-order chi connectivity index (χ0) is 44.3. The SMILES string of the molecule is c1ccc(-n2c3ccccc3c3ccccc32)c(-c2ccc(-c3ccc(N(c4ccc(-c5ccc(-c6cccc7c6oc6ccccc67)cc5)cc4)c4cccc5ccccc45)cc3)cc2)c1. The Balaban J connectivity index is 0.816. The molecule has 3 nitrogen and oxygen atoms in total. The molecule has 0 N–H and O–H groups in total. The van der Waals surface area contributed by atoms with E-state index in [2.05, 4.69) is 252 Å². The minimum absolute atomic E-state index is 0.912. The van der Waals surface area contributed by atoms with Crippen molar-refractivity contribution in [3.8, 4) is 50.2 Å². The van der Waals surface area contributed by atoms with Crippen molar-refractivity contribution in [1.82, 2.24) is 4.57 Å². The van der Waals surface area contributed by atoms with Crippen molar-refractivity contribution in [2.75, 3.05) is 4.90 Å². The lowest BCUT2D eigenvalue weighted by atomic mass is 9.98. The third kappa shape index (κ3) is 6.59. The molecule has 3 heteroatoms. The van der Waals surface area contributed by atoms with Crippen LogP contribution in [0.3, 0.4) is 0 Å². The summed E-state index contributed by atoms with van der Waals surface area (Å²) in [6.45, 7) is 0. The smallest absolute Gasteiger partial charge is 0.143 e. The molecule has 0 saturated heterocycles. The number of anilines is 3. The summed E-state index contributed by atoms with van der Waals surface area (Å²) in [4.78, 5) is 2.38. The number of furan rings is 1. The summed E-state index contributed by atoms with van der Waals surface area (Å²) in [5.41, 5.74) is 18.0. The van der Waals surface area contributed by atoms with Gasteiger partial charge in [-0.05, 0) is 93.4 Å². The Bertz CT molecular complexity index is 3890. The summed E-state index contributed by atoms with van der Waals surface area (Å²) < 4.78 is 8.77. The number of fused-ring (bicyclic) bond motifs is 7. The average Bonchev–Trinajstić information content (AvgIpc) is 3.96. The fraction of sp³-hybridized carbons (Fsp3) is 0. The van der Waals surface area contributed by atoms with Gasteiger partial charge >= 0.3 is 0 Å². The second-order valence-corrected chi connectivity index (χ2v) is 17.2. The van der Waals surface area contributed by atoms with E-state index in [0.29, 0.717) is 0 Å². The molecule has 67 heavy (non-hydrogen) atoms. The molecule has 0 aliphatic heterocycles. The van der Waals surface area contributed by atoms with Crippen LogP contribution in [-0.2, 0) is 0 Å². The average molecular weight is 855 g/mol. The Morgan fingerprint density at radius 3 is 1.37 bits per heavy atom. The molecular formula is C64H42N2O. The molecule has 0 fully saturated rings. The number of para-hydroxylation sites is 5. The normalized spacial score (nSPS) is 11.6. The topological polar surface area (TPSA) is 21.3 Å². The zero-order valence-electron chi connectivity index (χ0n) is 36.6. The van der Waals surface area contributed by atoms with E-state index in [1.807, 2.05) is 12.1 Å². The van der Waals surface area contributed by atoms with Crippen LogP contribution in [0, 0.1) is 0 Å². The Morgan fingerprint density at radius 2 is 0.731 bits per heavy atom. The number of aromatic nitrogens is 1. The standard InChI is InChI=1S/C64H42N2O/c1-2-15-52-47(13-1)14-11-25-59(52)65(51-41-37-46(38-42-51)44-29-33-49(34-30-44)54-20-12-21-58-57-19-6-10-26-63(57)67-64(54)58)50-39-35-45(36-40-50)43-27-31-48(32-28-43)53-16-3-7-22-60(53)66-61-23-8-4-17-55(61)56-18-5-9-24-62(56)66/h1-42H. The lowest BCUT2D eigenvalue weighted by molar-refractivity contribution is 0.670. The van der Waals surface area contributed by atoms with Gasteiger partial charge in [-0.25, -0.2) is 0 Å². The summed E-state index contributed by atoms with van der Waals surface area (Å²) in [6, 6.07) is 91.8. The fourth-order valence-corrected chi connectivity index (χ4v) is 10.2. The van der Waals surface area contributed by atoms with Gasteiger partial charge in [-0.2, -0.15) is 0 Å². The second-order valence-electron chi connectivity index (χ2n) is 17.2. The summed E-state index contributed by atoms with van der Waals surface area (Å²) in [6.07, 6.45) is 0. The van der Waals surface area contributed by atoms with Crippen molar-refractivity contribution in [3.63, 3.8) is 0 Å². The molecule has 11 aromatic carbocycles. The molecule has 0 radical (unpaired) electrons. The number of benzene rings is 11. The van der Waals surface area contributed by atoms with Crippen LogP contribution in [0.5, 0.6) is 0 Å². The quantitative estimate of drug-likeness (QED) is 0.152. The second kappa shape index (κ2) is 16.0. The van der Waals surface area contributed by atoms with E-state index < -0.39 is 0 Å². The Hall–Kier alpha value is -8.92. The number of rotatable bonds is 8. The lowest BCUT2D eigenvalue weighted by Crippen LogP contribution is -2.10. The van der Waals surface area contributed by atoms with Crippen molar-refractivity contribution in [3.05, 3.63) is 255 Å². The molecule has 0 aliphatic carbocycles. The van der Waals surface area contributed by atoms with Gasteiger partial charge in [-0.1, -0.05) is 200 Å². The third-order valence-corrected chi connectivity index (χ3v) is 13.4. The van der Waals surface area contributed by atoms with E-state index in [0.717, 1.165) is 61.3 Å². The summed E-state index contributed by atoms with van der Waals surface area (Å²) in [7, 11) is 0. The maximum atomic E-state index is 6.37. The predicted octanol–water partition coefficient (Wildman–Crippen LogP) is 18.0. The first-order chi connectivity index (χ1) is 33.2. The first-order valence-electron chi connectivity index (χ1n) is 22.9. The first-order valence-corrected chi connectivity index (χ1v) is 22.9. The maximum Gasteiger partial charge on any atom is 0.143 e. The molecule has 0 spiro atoms. The van der Waals surface area contributed by atoms with Gasteiger partial charge in [0.05, 0.1) is 22.4 Å². The zero-order valence-corrected chi connectivity index (χ0v) is 36.6. The van der Waals surface area contributed by atoms with Gasteiger partial charge < -0.3 is 13.9 Å². The van der Waals surface area contributed by atoms with Crippen molar-refractivity contribution < 1.29 is 4.42 Å². The molecule has 2 heterocycles. The molecule has 13 aromatic rings. The van der Waals surface area contributed by atoms with E-state index >= 15 is 0 Å². The van der Waals surface area contributed by atoms with Crippen molar-refractivity contribution in [1.29, 1.82) is 0 Å². The highest BCUT2D eigenvalue weighted by Crippen LogP contribution is 2.42. The molecule has 0 bridgehead atoms. The molecule has 2 aromatic heterocycles. The fourth-order valence-electron chi connectivity index (χ4n) is 10.2. The van der Waals surface area contributed by atoms with Gasteiger partial charge in [-0.15, -0.1) is 0 Å². The van der Waals surface area contributed by atoms with Gasteiger partial charge in [-0.3, -0.25) is 0 Å². The van der Waals surface area contributed by atoms with Gasteiger partial charge in [0.25, 0.3) is 0 Å². The predicted molar refractivity (Wildman–Crippen MR) is 282 cm³/mol. The first kappa shape index (κ1) is 38.5. The van der Waals surface area contributed by atoms with Crippen LogP contribution in [0.2, 0.25) is 0 Å². The summed E-state index contributed by atoms with van der Waals surface area (Å²) in [5.74, 6) is 0. The highest BCUT2D eigenvalue weighted by Gasteiger charge is 2.18. The molecule has 0 atom stereocenters. The number of hydrogen-bond acceptors (Lipinski definition) is 2. The van der Waals surface area contributed by atoms with Crippen molar-refractivity contribution in [2.45, 2.75) is 0 Å². The Kier molecular flexibility index (Phi) is 9.17. The van der Waals surface area contributed by atoms with Crippen LogP contribution in [0.4, 0.5) is 17.1 Å². The van der Waals surface area contributed by atoms with Crippen molar-refractivity contribution in [2.24, 2.45) is 0 Å². The van der Waals surface area contributed by atoms with Crippen LogP contribution in [0.25, 0.3) is 105 Å². The molecule has 0 unspecified atom stereocenters. The van der Waals surface area contributed by atoms with E-state index in [9.17, 15) is 0 Å². The van der Waals surface area contributed by atoms with Gasteiger partial charge in [0.1, 0.15) is 11.2 Å². The van der Waals surface area contributed by atoms with E-state index in [4.69, 9.17) is 4.42 Å². The molecule has 314 valence electrons. The van der Waals surface area contributed by atoms with Gasteiger partial charge in [0, 0.05) is 49.4 Å². The van der Waals surface area contributed by atoms with E-state index in [-0.39, 0.29) is 0 Å². The minimum atomic E-state index is 0.912. The van der Waals surface area contributed by atoms with Crippen LogP contribution < -0.4 is 4.90 Å². The highest BCUT2D eigenvalue weighted by molar-refractivity contribution is 6.11. The molecule has 0 saturated carbocycles. The third-order valence-electron chi connectivity index (χ3n) is 13.4. The van der Waals surface area contributed by atoms with E-state index in [1.165, 1.54) is 60.5 Å². The van der Waals surface area contributed by atoms with Gasteiger partial charge in [0.2, 0.25) is 0 Å². The lowest BCUT2D eigenvalue weighted by Gasteiger charge is -2.27.